The Hall–Kier alpha value is -2.04. The number of anilines is 2. The first kappa shape index (κ1) is 16.9. The lowest BCUT2D eigenvalue weighted by atomic mass is 9.98. The Morgan fingerprint density at radius 3 is 2.68 bits per heavy atom. The van der Waals surface area contributed by atoms with Gasteiger partial charge in [0, 0.05) is 29.6 Å². The molecule has 1 unspecified atom stereocenters. The van der Waals surface area contributed by atoms with Crippen molar-refractivity contribution in [2.75, 3.05) is 30.0 Å². The van der Waals surface area contributed by atoms with Gasteiger partial charge in [0.1, 0.15) is 0 Å². The molecule has 0 radical (unpaired) electrons. The quantitative estimate of drug-likeness (QED) is 0.570. The first-order valence-electron chi connectivity index (χ1n) is 10.3. The highest BCUT2D eigenvalue weighted by molar-refractivity contribution is 9.10. The molecule has 3 aliphatic rings. The van der Waals surface area contributed by atoms with Crippen LogP contribution < -0.4 is 10.2 Å². The maximum atomic E-state index is 3.86. The molecule has 0 amide bonds. The number of nitrogens with one attached hydrogen (secondary N) is 1. The predicted octanol–water partition coefficient (Wildman–Crippen LogP) is 5.55. The van der Waals surface area contributed by atoms with Gasteiger partial charge in [-0.1, -0.05) is 52.3 Å². The smallest absolute Gasteiger partial charge is 0.0880 e. The van der Waals surface area contributed by atoms with Crippen molar-refractivity contribution in [2.24, 2.45) is 0 Å². The maximum Gasteiger partial charge on any atom is 0.0880 e. The highest BCUT2D eigenvalue weighted by Gasteiger charge is 2.35. The van der Waals surface area contributed by atoms with Crippen LogP contribution in [0.2, 0.25) is 0 Å². The molecule has 4 heteroatoms. The van der Waals surface area contributed by atoms with Gasteiger partial charge in [-0.15, -0.1) is 0 Å². The van der Waals surface area contributed by atoms with E-state index in [2.05, 4.69) is 85.6 Å². The molecule has 1 fully saturated rings. The minimum Gasteiger partial charge on any atom is -0.366 e. The monoisotopic (exact) mass is 433 g/mol. The van der Waals surface area contributed by atoms with E-state index in [-0.39, 0.29) is 0 Å². The third-order valence-electron chi connectivity index (χ3n) is 6.90. The zero-order chi connectivity index (χ0) is 18.7. The number of rotatable bonds is 2. The van der Waals surface area contributed by atoms with Crippen molar-refractivity contribution in [3.8, 4) is 0 Å². The second kappa shape index (κ2) is 6.50. The van der Waals surface area contributed by atoms with E-state index in [0.717, 1.165) is 13.1 Å². The standard InChI is InChI=1S/C24H24BrN3/c25-19-9-8-16-4-3-5-17-14-22(24(19)23(16)17)27-12-10-18(11-13-27)28-15-26-20-6-1-2-7-21(20)28/h1-9,18,22,26H,10-15H2. The number of hydrogen-bond donors (Lipinski definition) is 1. The van der Waals surface area contributed by atoms with Crippen molar-refractivity contribution >= 4 is 38.1 Å². The first-order chi connectivity index (χ1) is 13.8. The van der Waals surface area contributed by atoms with Gasteiger partial charge in [0.2, 0.25) is 0 Å². The normalized spacial score (nSPS) is 21.9. The van der Waals surface area contributed by atoms with E-state index in [4.69, 9.17) is 0 Å². The number of halogens is 1. The number of likely N-dealkylation sites (tertiary alicyclic amines) is 1. The van der Waals surface area contributed by atoms with Gasteiger partial charge in [0.15, 0.2) is 0 Å². The molecule has 28 heavy (non-hydrogen) atoms. The number of fused-ring (bicyclic) bond motifs is 1. The number of para-hydroxylation sites is 2. The maximum absolute atomic E-state index is 3.86. The molecule has 2 aliphatic heterocycles. The van der Waals surface area contributed by atoms with Crippen molar-refractivity contribution in [3.05, 3.63) is 70.2 Å². The zero-order valence-electron chi connectivity index (χ0n) is 15.9. The zero-order valence-corrected chi connectivity index (χ0v) is 17.5. The van der Waals surface area contributed by atoms with E-state index in [1.54, 1.807) is 0 Å². The molecule has 0 bridgehead atoms. The van der Waals surface area contributed by atoms with Crippen LogP contribution in [-0.2, 0) is 6.42 Å². The lowest BCUT2D eigenvalue weighted by Crippen LogP contribution is -2.46. The largest absolute Gasteiger partial charge is 0.366 e. The minimum absolute atomic E-state index is 0.514. The van der Waals surface area contributed by atoms with Gasteiger partial charge in [-0.2, -0.15) is 0 Å². The third kappa shape index (κ3) is 2.51. The topological polar surface area (TPSA) is 18.5 Å². The highest BCUT2D eigenvalue weighted by Crippen LogP contribution is 2.45. The molecule has 1 saturated heterocycles. The summed E-state index contributed by atoms with van der Waals surface area (Å²) >= 11 is 3.86. The van der Waals surface area contributed by atoms with Gasteiger partial charge in [-0.05, 0) is 59.4 Å². The minimum atomic E-state index is 0.514. The molecule has 3 nitrogen and oxygen atoms in total. The molecule has 3 aromatic rings. The van der Waals surface area contributed by atoms with Crippen molar-refractivity contribution in [2.45, 2.75) is 31.3 Å². The fraction of sp³-hybridized carbons (Fsp3) is 0.333. The summed E-state index contributed by atoms with van der Waals surface area (Å²) in [7, 11) is 0. The SMILES string of the molecule is Brc1ccc2cccc3c2c1C(N1CCC(N2CNc4ccccc42)CC1)C3. The predicted molar refractivity (Wildman–Crippen MR) is 120 cm³/mol. The van der Waals surface area contributed by atoms with Gasteiger partial charge >= 0.3 is 0 Å². The van der Waals surface area contributed by atoms with E-state index in [1.807, 2.05) is 0 Å². The van der Waals surface area contributed by atoms with Crippen molar-refractivity contribution in [1.29, 1.82) is 0 Å². The Morgan fingerprint density at radius 1 is 0.929 bits per heavy atom. The summed E-state index contributed by atoms with van der Waals surface area (Å²) in [6.45, 7) is 3.29. The molecule has 142 valence electrons. The summed E-state index contributed by atoms with van der Waals surface area (Å²) in [6.07, 6.45) is 3.61. The molecule has 6 rings (SSSR count). The summed E-state index contributed by atoms with van der Waals surface area (Å²) < 4.78 is 1.27. The van der Waals surface area contributed by atoms with Crippen LogP contribution in [0.5, 0.6) is 0 Å². The summed E-state index contributed by atoms with van der Waals surface area (Å²) in [5, 5.41) is 6.42. The van der Waals surface area contributed by atoms with Gasteiger partial charge in [0.25, 0.3) is 0 Å². The molecule has 1 atom stereocenters. The fourth-order valence-electron chi connectivity index (χ4n) is 5.54. The van der Waals surface area contributed by atoms with Crippen molar-refractivity contribution in [3.63, 3.8) is 0 Å². The van der Waals surface area contributed by atoms with Crippen LogP contribution in [0.4, 0.5) is 11.4 Å². The average Bonchev–Trinajstić information content (AvgIpc) is 3.34. The van der Waals surface area contributed by atoms with Gasteiger partial charge in [-0.3, -0.25) is 4.90 Å². The Morgan fingerprint density at radius 2 is 1.79 bits per heavy atom. The highest BCUT2D eigenvalue weighted by atomic mass is 79.9. The summed E-state index contributed by atoms with van der Waals surface area (Å²) in [5.41, 5.74) is 5.69. The molecule has 0 spiro atoms. The fourth-order valence-corrected chi connectivity index (χ4v) is 6.14. The van der Waals surface area contributed by atoms with Crippen LogP contribution in [0.25, 0.3) is 10.8 Å². The summed E-state index contributed by atoms with van der Waals surface area (Å²) in [5.74, 6) is 0. The van der Waals surface area contributed by atoms with Crippen LogP contribution in [0.15, 0.2) is 59.1 Å². The van der Waals surface area contributed by atoms with Crippen LogP contribution >= 0.6 is 15.9 Å². The number of piperidine rings is 1. The molecule has 1 N–H and O–H groups in total. The number of benzene rings is 3. The second-order valence-corrected chi connectivity index (χ2v) is 9.14. The van der Waals surface area contributed by atoms with Crippen molar-refractivity contribution < 1.29 is 0 Å². The number of nitrogens with zero attached hydrogens (tertiary/aromatic N) is 2. The van der Waals surface area contributed by atoms with Gasteiger partial charge in [-0.25, -0.2) is 0 Å². The lowest BCUT2D eigenvalue weighted by Gasteiger charge is -2.40. The van der Waals surface area contributed by atoms with Gasteiger partial charge in [0.05, 0.1) is 18.0 Å². The molecule has 3 aromatic carbocycles. The van der Waals surface area contributed by atoms with E-state index in [1.165, 1.54) is 63.7 Å². The summed E-state index contributed by atoms with van der Waals surface area (Å²) in [4.78, 5) is 5.30. The Balaban J connectivity index is 1.23. The third-order valence-corrected chi connectivity index (χ3v) is 7.59. The van der Waals surface area contributed by atoms with E-state index in [0.29, 0.717) is 12.1 Å². The van der Waals surface area contributed by atoms with Crippen LogP contribution in [-0.4, -0.2) is 30.7 Å². The van der Waals surface area contributed by atoms with E-state index in [9.17, 15) is 0 Å². The van der Waals surface area contributed by atoms with E-state index >= 15 is 0 Å². The average molecular weight is 434 g/mol. The lowest BCUT2D eigenvalue weighted by molar-refractivity contribution is 0.153. The Bertz CT molecular complexity index is 1050. The Kier molecular flexibility index (Phi) is 3.92. The van der Waals surface area contributed by atoms with Crippen LogP contribution in [0.1, 0.15) is 30.0 Å². The molecule has 1 aliphatic carbocycles. The molecule has 2 heterocycles. The Labute approximate surface area is 174 Å². The molecular weight excluding hydrogens is 410 g/mol. The second-order valence-electron chi connectivity index (χ2n) is 8.29. The van der Waals surface area contributed by atoms with Crippen LogP contribution in [0.3, 0.4) is 0 Å². The van der Waals surface area contributed by atoms with Crippen molar-refractivity contribution in [1.82, 2.24) is 4.90 Å². The number of hydrogen-bond acceptors (Lipinski definition) is 3. The summed E-state index contributed by atoms with van der Waals surface area (Å²) in [6, 6.07) is 21.1. The molecule has 0 aromatic heterocycles. The van der Waals surface area contributed by atoms with Gasteiger partial charge < -0.3 is 10.2 Å². The molecule has 0 saturated carbocycles. The van der Waals surface area contributed by atoms with E-state index < -0.39 is 0 Å². The first-order valence-corrected chi connectivity index (χ1v) is 11.1. The van der Waals surface area contributed by atoms with Crippen LogP contribution in [0, 0.1) is 0 Å². The molecular formula is C24H24BrN3.